The van der Waals surface area contributed by atoms with Gasteiger partial charge in [0.1, 0.15) is 0 Å². The summed E-state index contributed by atoms with van der Waals surface area (Å²) in [5, 5.41) is 0. The molecule has 0 aromatic carbocycles. The van der Waals surface area contributed by atoms with Gasteiger partial charge in [0, 0.05) is 0 Å². The molecule has 0 radical (unpaired) electrons. The molecule has 0 saturated heterocycles. The molecule has 3 N–H and O–H groups in total. The molecular weight excluding hydrogens is 116 g/mol. The van der Waals surface area contributed by atoms with Gasteiger partial charge in [0.05, 0.1) is 7.29 Å². The maximum Gasteiger partial charge on any atom is 0.0713 e. The van der Waals surface area contributed by atoms with Gasteiger partial charge in [0.25, 0.3) is 0 Å². The quantitative estimate of drug-likeness (QED) is 0.488. The fraction of sp³-hybridized carbons (Fsp3) is 0. The van der Waals surface area contributed by atoms with Crippen LogP contribution in [-0.4, -0.2) is 0 Å². The third kappa shape index (κ3) is 12.3. The van der Waals surface area contributed by atoms with Gasteiger partial charge < -0.3 is 6.15 Å². The second-order valence-corrected chi connectivity index (χ2v) is 1.93. The summed E-state index contributed by atoms with van der Waals surface area (Å²) in [6, 6.07) is 0. The molecule has 0 atom stereocenters. The number of hydrogen-bond donors (Lipinski definition) is 1. The minimum atomic E-state index is 0. The van der Waals surface area contributed by atoms with Gasteiger partial charge in [-0.2, -0.15) is 0 Å². The highest BCUT2D eigenvalue weighted by molar-refractivity contribution is 7.90. The molecule has 0 aliphatic heterocycles. The summed E-state index contributed by atoms with van der Waals surface area (Å²) in [5.74, 6) is 0. The molecule has 0 spiro atoms. The summed E-state index contributed by atoms with van der Waals surface area (Å²) < 4.78 is 0. The molecule has 0 rings (SSSR count). The normalized spacial score (nSPS) is 4.50. The lowest BCUT2D eigenvalue weighted by atomic mass is 14.0. The van der Waals surface area contributed by atoms with Crippen molar-refractivity contribution in [2.24, 2.45) is 0 Å². The maximum atomic E-state index is 4.79. The van der Waals surface area contributed by atoms with Crippen molar-refractivity contribution in [1.29, 1.82) is 0 Å². The van der Waals surface area contributed by atoms with E-state index in [4.69, 9.17) is 22.5 Å². The van der Waals surface area contributed by atoms with Crippen LogP contribution in [0.4, 0.5) is 0 Å². The highest BCUT2D eigenvalue weighted by atomic mass is 35.9. The van der Waals surface area contributed by atoms with Crippen LogP contribution in [0.3, 0.4) is 0 Å². The monoisotopic (exact) mass is 119 g/mol. The summed E-state index contributed by atoms with van der Waals surface area (Å²) in [7, 11) is 0.0278. The lowest BCUT2D eigenvalue weighted by Gasteiger charge is -1.42. The number of hydrogen-bond acceptors (Lipinski definition) is 1. The predicted molar refractivity (Wildman–Crippen MR) is 25.0 cm³/mol. The van der Waals surface area contributed by atoms with E-state index in [0.717, 1.165) is 0 Å². The first-order valence-corrected chi connectivity index (χ1v) is 3.40. The zero-order chi connectivity index (χ0) is 2.71. The first-order valence-electron chi connectivity index (χ1n) is 0.378. The second kappa shape index (κ2) is 9.02. The van der Waals surface area contributed by atoms with Crippen LogP contribution in [0.15, 0.2) is 0 Å². The Morgan fingerprint density at radius 2 is 1.25 bits per heavy atom. The van der Waals surface area contributed by atoms with E-state index in [9.17, 15) is 0 Å². The standard InChI is InChI=1S/Cl2HP.H3N/c1-3-2;/h3H;1H3. The topological polar surface area (TPSA) is 35.0 Å². The van der Waals surface area contributed by atoms with Crippen LogP contribution >= 0.6 is 29.8 Å². The zero-order valence-electron chi connectivity index (χ0n) is 1.96. The molecular formula is H4Cl2NP. The Hall–Kier alpha value is 0.970. The fourth-order valence-corrected chi connectivity index (χ4v) is 0. The Bertz CT molecular complexity index is 6.00. The van der Waals surface area contributed by atoms with Gasteiger partial charge in [0.15, 0.2) is 0 Å². The molecule has 1 nitrogen and oxygen atoms in total. The van der Waals surface area contributed by atoms with Crippen LogP contribution in [0.1, 0.15) is 0 Å². The highest BCUT2D eigenvalue weighted by Gasteiger charge is 1.41. The lowest BCUT2D eigenvalue weighted by molar-refractivity contribution is 2.13. The van der Waals surface area contributed by atoms with Gasteiger partial charge in [-0.25, -0.2) is 0 Å². The molecule has 0 saturated carbocycles. The Morgan fingerprint density at radius 3 is 1.25 bits per heavy atom. The van der Waals surface area contributed by atoms with Crippen LogP contribution in [0.5, 0.6) is 0 Å². The second-order valence-electron chi connectivity index (χ2n) is 0.0714. The predicted octanol–water partition coefficient (Wildman–Crippen LogP) is 2.13. The molecule has 28 valence electrons. The molecule has 4 heavy (non-hydrogen) atoms. The van der Waals surface area contributed by atoms with Crippen molar-refractivity contribution >= 4 is 29.8 Å². The van der Waals surface area contributed by atoms with E-state index in [1.807, 2.05) is 0 Å². The van der Waals surface area contributed by atoms with Crippen molar-refractivity contribution in [2.75, 3.05) is 0 Å². The molecule has 0 aliphatic rings. The van der Waals surface area contributed by atoms with Gasteiger partial charge in [-0.05, 0) is 0 Å². The third-order valence-electron chi connectivity index (χ3n) is 0. The van der Waals surface area contributed by atoms with E-state index in [1.54, 1.807) is 0 Å². The van der Waals surface area contributed by atoms with Crippen molar-refractivity contribution in [3.63, 3.8) is 0 Å². The van der Waals surface area contributed by atoms with Crippen LogP contribution in [0.25, 0.3) is 0 Å². The van der Waals surface area contributed by atoms with Crippen molar-refractivity contribution < 1.29 is 0 Å². The van der Waals surface area contributed by atoms with E-state index < -0.39 is 0 Å². The Balaban J connectivity index is 0. The Kier molecular flexibility index (Phi) is 20.0. The third-order valence-corrected chi connectivity index (χ3v) is 0. The summed E-state index contributed by atoms with van der Waals surface area (Å²) in [5.41, 5.74) is 0. The lowest BCUT2D eigenvalue weighted by Crippen LogP contribution is -0.641. The maximum absolute atomic E-state index is 4.79. The smallest absolute Gasteiger partial charge is 0.0713 e. The Labute approximate surface area is 36.6 Å². The van der Waals surface area contributed by atoms with E-state index in [2.05, 4.69) is 0 Å². The molecule has 0 fully saturated rings. The molecule has 0 bridgehead atoms. The summed E-state index contributed by atoms with van der Waals surface area (Å²) in [6.45, 7) is 0. The van der Waals surface area contributed by atoms with Gasteiger partial charge >= 0.3 is 0 Å². The average molecular weight is 120 g/mol. The van der Waals surface area contributed by atoms with E-state index in [0.29, 0.717) is 0 Å². The van der Waals surface area contributed by atoms with Crippen molar-refractivity contribution in [3.05, 3.63) is 0 Å². The number of rotatable bonds is 0. The summed E-state index contributed by atoms with van der Waals surface area (Å²) in [6.07, 6.45) is 0. The van der Waals surface area contributed by atoms with Crippen molar-refractivity contribution in [3.8, 4) is 0 Å². The molecule has 0 heterocycles. The van der Waals surface area contributed by atoms with Gasteiger partial charge in [0.2, 0.25) is 0 Å². The molecule has 4 heteroatoms. The van der Waals surface area contributed by atoms with Gasteiger partial charge in [-0.1, -0.05) is 22.5 Å². The molecule has 0 unspecified atom stereocenters. The first kappa shape index (κ1) is 8.88. The largest absolute Gasteiger partial charge is 0.344 e. The van der Waals surface area contributed by atoms with Crippen LogP contribution in [0.2, 0.25) is 0 Å². The fourth-order valence-electron chi connectivity index (χ4n) is 0. The van der Waals surface area contributed by atoms with Gasteiger partial charge in [-0.15, -0.1) is 0 Å². The van der Waals surface area contributed by atoms with Crippen LogP contribution < -0.4 is 6.15 Å². The van der Waals surface area contributed by atoms with E-state index in [1.165, 1.54) is 0 Å². The van der Waals surface area contributed by atoms with Crippen LogP contribution in [0, 0.1) is 0 Å². The van der Waals surface area contributed by atoms with E-state index in [-0.39, 0.29) is 13.4 Å². The Morgan fingerprint density at radius 1 is 1.25 bits per heavy atom. The number of halogens is 2. The van der Waals surface area contributed by atoms with Crippen molar-refractivity contribution in [2.45, 2.75) is 0 Å². The summed E-state index contributed by atoms with van der Waals surface area (Å²) >= 11 is 9.58. The van der Waals surface area contributed by atoms with Crippen molar-refractivity contribution in [1.82, 2.24) is 6.15 Å². The SMILES string of the molecule is ClPCl.N. The summed E-state index contributed by atoms with van der Waals surface area (Å²) in [4.78, 5) is 0. The van der Waals surface area contributed by atoms with Crippen LogP contribution in [-0.2, 0) is 0 Å². The zero-order valence-corrected chi connectivity index (χ0v) is 4.47. The van der Waals surface area contributed by atoms with E-state index >= 15 is 0 Å². The first-order chi connectivity index (χ1) is 1.41. The van der Waals surface area contributed by atoms with Gasteiger partial charge in [-0.3, -0.25) is 0 Å². The molecule has 0 aromatic rings. The molecule has 0 aliphatic carbocycles. The molecule has 0 amide bonds. The average Bonchev–Trinajstić information content (AvgIpc) is 0.918. The molecule has 0 aromatic heterocycles. The minimum Gasteiger partial charge on any atom is -0.344 e. The highest BCUT2D eigenvalue weighted by Crippen LogP contribution is 2.19. The minimum absolute atomic E-state index is 0.